The van der Waals surface area contributed by atoms with E-state index in [0.717, 1.165) is 17.9 Å². The van der Waals surface area contributed by atoms with Crippen LogP contribution in [0.1, 0.15) is 31.1 Å². The third kappa shape index (κ3) is 1.20. The third-order valence-electron chi connectivity index (χ3n) is 3.24. The smallest absolute Gasteiger partial charge is 0.234 e. The number of carbonyl (C=O) groups is 1. The molecule has 0 spiro atoms. The molecule has 15 heavy (non-hydrogen) atoms. The SMILES string of the molecule is CC1(C)C(=O)Nc2ccc(C3CO3)cc21. The number of epoxide rings is 1. The van der Waals surface area contributed by atoms with Crippen molar-refractivity contribution in [3.05, 3.63) is 29.3 Å². The zero-order valence-electron chi connectivity index (χ0n) is 8.83. The molecular weight excluding hydrogens is 190 g/mol. The van der Waals surface area contributed by atoms with Crippen molar-refractivity contribution >= 4 is 11.6 Å². The van der Waals surface area contributed by atoms with Crippen LogP contribution in [0.3, 0.4) is 0 Å². The van der Waals surface area contributed by atoms with Gasteiger partial charge < -0.3 is 10.1 Å². The molecule has 1 atom stereocenters. The van der Waals surface area contributed by atoms with Crippen molar-refractivity contribution in [2.75, 3.05) is 11.9 Å². The van der Waals surface area contributed by atoms with Gasteiger partial charge in [-0.1, -0.05) is 6.07 Å². The van der Waals surface area contributed by atoms with Gasteiger partial charge in [0, 0.05) is 5.69 Å². The highest BCUT2D eigenvalue weighted by atomic mass is 16.6. The number of hydrogen-bond acceptors (Lipinski definition) is 2. The van der Waals surface area contributed by atoms with Crippen LogP contribution >= 0.6 is 0 Å². The van der Waals surface area contributed by atoms with Crippen molar-refractivity contribution in [2.45, 2.75) is 25.4 Å². The first-order chi connectivity index (χ1) is 7.09. The van der Waals surface area contributed by atoms with Gasteiger partial charge in [-0.2, -0.15) is 0 Å². The van der Waals surface area contributed by atoms with Gasteiger partial charge in [0.05, 0.1) is 12.0 Å². The summed E-state index contributed by atoms with van der Waals surface area (Å²) >= 11 is 0. The van der Waals surface area contributed by atoms with Crippen LogP contribution in [0, 0.1) is 0 Å². The molecule has 1 aromatic rings. The third-order valence-corrected chi connectivity index (χ3v) is 3.24. The normalized spacial score (nSPS) is 26.0. The van der Waals surface area contributed by atoms with Gasteiger partial charge in [-0.3, -0.25) is 4.79 Å². The standard InChI is InChI=1S/C12H13NO2/c1-12(2)8-5-7(10-6-15-10)3-4-9(8)13-11(12)14/h3-5,10H,6H2,1-2H3,(H,13,14). The Balaban J connectivity index is 2.11. The van der Waals surface area contributed by atoms with Gasteiger partial charge in [-0.05, 0) is 37.1 Å². The highest BCUT2D eigenvalue weighted by molar-refractivity contribution is 6.05. The lowest BCUT2D eigenvalue weighted by molar-refractivity contribution is -0.119. The van der Waals surface area contributed by atoms with Crippen molar-refractivity contribution in [3.8, 4) is 0 Å². The van der Waals surface area contributed by atoms with E-state index in [9.17, 15) is 4.79 Å². The number of rotatable bonds is 1. The van der Waals surface area contributed by atoms with Crippen LogP contribution in [0.15, 0.2) is 18.2 Å². The van der Waals surface area contributed by atoms with Crippen LogP contribution < -0.4 is 5.32 Å². The van der Waals surface area contributed by atoms with E-state index in [1.165, 1.54) is 5.56 Å². The first kappa shape index (κ1) is 8.92. The van der Waals surface area contributed by atoms with E-state index in [-0.39, 0.29) is 12.0 Å². The van der Waals surface area contributed by atoms with Gasteiger partial charge in [0.25, 0.3) is 0 Å². The Morgan fingerprint density at radius 3 is 2.87 bits per heavy atom. The number of hydrogen-bond donors (Lipinski definition) is 1. The van der Waals surface area contributed by atoms with E-state index in [1.807, 2.05) is 26.0 Å². The molecule has 3 nitrogen and oxygen atoms in total. The number of fused-ring (bicyclic) bond motifs is 1. The van der Waals surface area contributed by atoms with Crippen molar-refractivity contribution < 1.29 is 9.53 Å². The van der Waals surface area contributed by atoms with E-state index in [4.69, 9.17) is 4.74 Å². The quantitative estimate of drug-likeness (QED) is 0.709. The summed E-state index contributed by atoms with van der Waals surface area (Å²) < 4.78 is 5.24. The minimum atomic E-state index is -0.416. The van der Waals surface area contributed by atoms with Crippen molar-refractivity contribution in [1.82, 2.24) is 0 Å². The molecular formula is C12H13NO2. The Morgan fingerprint density at radius 1 is 1.47 bits per heavy atom. The Hall–Kier alpha value is -1.35. The minimum Gasteiger partial charge on any atom is -0.368 e. The first-order valence-electron chi connectivity index (χ1n) is 5.16. The average Bonchev–Trinajstić information content (AvgIpc) is 2.98. The predicted octanol–water partition coefficient (Wildman–Crippen LogP) is 1.99. The first-order valence-corrected chi connectivity index (χ1v) is 5.16. The maximum absolute atomic E-state index is 11.7. The number of nitrogens with one attached hydrogen (secondary N) is 1. The second-order valence-corrected chi connectivity index (χ2v) is 4.71. The maximum atomic E-state index is 11.7. The van der Waals surface area contributed by atoms with Crippen LogP contribution in [-0.2, 0) is 14.9 Å². The fourth-order valence-electron chi connectivity index (χ4n) is 2.03. The zero-order valence-corrected chi connectivity index (χ0v) is 8.83. The van der Waals surface area contributed by atoms with Gasteiger partial charge in [-0.15, -0.1) is 0 Å². The van der Waals surface area contributed by atoms with Crippen molar-refractivity contribution in [1.29, 1.82) is 0 Å². The highest BCUT2D eigenvalue weighted by Crippen LogP contribution is 2.40. The molecule has 1 saturated heterocycles. The minimum absolute atomic E-state index is 0.0753. The number of ether oxygens (including phenoxy) is 1. The molecule has 0 aliphatic carbocycles. The summed E-state index contributed by atoms with van der Waals surface area (Å²) in [6.07, 6.45) is 0.252. The lowest BCUT2D eigenvalue weighted by Gasteiger charge is -2.15. The molecule has 1 aromatic carbocycles. The van der Waals surface area contributed by atoms with Gasteiger partial charge in [-0.25, -0.2) is 0 Å². The molecule has 1 fully saturated rings. The lowest BCUT2D eigenvalue weighted by Crippen LogP contribution is -2.26. The Kier molecular flexibility index (Phi) is 1.55. The van der Waals surface area contributed by atoms with Crippen LogP contribution in [0.2, 0.25) is 0 Å². The fraction of sp³-hybridized carbons (Fsp3) is 0.417. The molecule has 1 amide bonds. The van der Waals surface area contributed by atoms with Crippen molar-refractivity contribution in [2.24, 2.45) is 0 Å². The van der Waals surface area contributed by atoms with E-state index in [2.05, 4.69) is 11.4 Å². The van der Waals surface area contributed by atoms with Crippen LogP contribution in [0.5, 0.6) is 0 Å². The summed E-state index contributed by atoms with van der Waals surface area (Å²) in [6.45, 7) is 4.71. The predicted molar refractivity (Wildman–Crippen MR) is 56.8 cm³/mol. The summed E-state index contributed by atoms with van der Waals surface area (Å²) in [7, 11) is 0. The van der Waals surface area contributed by atoms with Gasteiger partial charge in [0.1, 0.15) is 6.10 Å². The van der Waals surface area contributed by atoms with Gasteiger partial charge in [0.15, 0.2) is 0 Å². The van der Waals surface area contributed by atoms with Crippen molar-refractivity contribution in [3.63, 3.8) is 0 Å². The molecule has 1 N–H and O–H groups in total. The molecule has 2 heterocycles. The van der Waals surface area contributed by atoms with Crippen LogP contribution in [0.25, 0.3) is 0 Å². The molecule has 0 aromatic heterocycles. The highest BCUT2D eigenvalue weighted by Gasteiger charge is 2.39. The monoisotopic (exact) mass is 203 g/mol. The Morgan fingerprint density at radius 2 is 2.20 bits per heavy atom. The van der Waals surface area contributed by atoms with Crippen LogP contribution in [0.4, 0.5) is 5.69 Å². The summed E-state index contributed by atoms with van der Waals surface area (Å²) in [5, 5.41) is 2.89. The average molecular weight is 203 g/mol. The number of benzene rings is 1. The second-order valence-electron chi connectivity index (χ2n) is 4.71. The number of carbonyl (C=O) groups excluding carboxylic acids is 1. The number of amides is 1. The van der Waals surface area contributed by atoms with E-state index in [1.54, 1.807) is 0 Å². The zero-order chi connectivity index (χ0) is 10.6. The summed E-state index contributed by atoms with van der Waals surface area (Å²) in [5.41, 5.74) is 2.79. The second kappa shape index (κ2) is 2.61. The van der Waals surface area contributed by atoms with E-state index >= 15 is 0 Å². The molecule has 0 bridgehead atoms. The molecule has 2 aliphatic rings. The van der Waals surface area contributed by atoms with Gasteiger partial charge in [0.2, 0.25) is 5.91 Å². The Labute approximate surface area is 88.4 Å². The Bertz CT molecular complexity index is 447. The molecule has 0 radical (unpaired) electrons. The van der Waals surface area contributed by atoms with Crippen LogP contribution in [-0.4, -0.2) is 12.5 Å². The molecule has 2 aliphatic heterocycles. The molecule has 78 valence electrons. The lowest BCUT2D eigenvalue weighted by atomic mass is 9.85. The molecule has 0 saturated carbocycles. The molecule has 1 unspecified atom stereocenters. The summed E-state index contributed by atoms with van der Waals surface area (Å²) in [6, 6.07) is 6.09. The summed E-state index contributed by atoms with van der Waals surface area (Å²) in [4.78, 5) is 11.7. The largest absolute Gasteiger partial charge is 0.368 e. The number of anilines is 1. The molecule has 3 heteroatoms. The maximum Gasteiger partial charge on any atom is 0.234 e. The van der Waals surface area contributed by atoms with E-state index in [0.29, 0.717) is 0 Å². The fourth-order valence-corrected chi connectivity index (χ4v) is 2.03. The topological polar surface area (TPSA) is 41.6 Å². The summed E-state index contributed by atoms with van der Waals surface area (Å²) in [5.74, 6) is 0.0753. The van der Waals surface area contributed by atoms with Gasteiger partial charge >= 0.3 is 0 Å². The molecule has 3 rings (SSSR count). The van der Waals surface area contributed by atoms with E-state index < -0.39 is 5.41 Å².